The molecule has 0 aliphatic heterocycles. The van der Waals surface area contributed by atoms with Gasteiger partial charge in [-0.25, -0.2) is 23.1 Å². The smallest absolute Gasteiger partial charge is 0.407 e. The molecular weight excluding hydrogens is 476 g/mol. The summed E-state index contributed by atoms with van der Waals surface area (Å²) in [5, 5.41) is 9.28. The summed E-state index contributed by atoms with van der Waals surface area (Å²) in [5.41, 5.74) is 1.17. The molecule has 2 N–H and O–H groups in total. The third-order valence-corrected chi connectivity index (χ3v) is 6.72. The number of hydrogen-bond donors (Lipinski definition) is 2. The van der Waals surface area contributed by atoms with Gasteiger partial charge < -0.3 is 15.4 Å². The Labute approximate surface area is 205 Å². The van der Waals surface area contributed by atoms with E-state index in [2.05, 4.69) is 27.3 Å². The lowest BCUT2D eigenvalue weighted by Crippen LogP contribution is -2.62. The molecule has 3 aromatic heterocycles. The minimum absolute atomic E-state index is 0.213. The zero-order valence-electron chi connectivity index (χ0n) is 19.7. The van der Waals surface area contributed by atoms with Gasteiger partial charge in [0.15, 0.2) is 5.65 Å². The molecule has 0 saturated heterocycles. The van der Waals surface area contributed by atoms with Crippen molar-refractivity contribution in [2.24, 2.45) is 0 Å². The van der Waals surface area contributed by atoms with Crippen molar-refractivity contribution in [2.45, 2.75) is 63.6 Å². The van der Waals surface area contributed by atoms with Crippen molar-refractivity contribution in [1.29, 1.82) is 0 Å². The molecule has 35 heavy (non-hydrogen) atoms. The van der Waals surface area contributed by atoms with Crippen LogP contribution in [0.2, 0.25) is 0 Å². The van der Waals surface area contributed by atoms with Crippen LogP contribution in [0.25, 0.3) is 23.0 Å². The Bertz CT molecular complexity index is 1260. The molecule has 1 fully saturated rings. The first-order chi connectivity index (χ1) is 16.5. The van der Waals surface area contributed by atoms with E-state index in [1.807, 2.05) is 0 Å². The van der Waals surface area contributed by atoms with Gasteiger partial charge in [0.05, 0.1) is 22.8 Å². The van der Waals surface area contributed by atoms with Crippen LogP contribution in [-0.4, -0.2) is 50.2 Å². The van der Waals surface area contributed by atoms with E-state index in [0.29, 0.717) is 28.2 Å². The summed E-state index contributed by atoms with van der Waals surface area (Å²) in [5.74, 6) is -3.85. The first-order valence-corrected chi connectivity index (χ1v) is 12.0. The Morgan fingerprint density at radius 3 is 2.83 bits per heavy atom. The minimum atomic E-state index is -3.19. The van der Waals surface area contributed by atoms with Crippen LogP contribution in [0.1, 0.15) is 54.6 Å². The molecular formula is C24H27F2N5O3S. The predicted molar refractivity (Wildman–Crippen MR) is 130 cm³/mol. The molecule has 2 atom stereocenters. The lowest BCUT2D eigenvalue weighted by Gasteiger charge is -2.38. The molecule has 0 radical (unpaired) electrons. The van der Waals surface area contributed by atoms with Gasteiger partial charge in [-0.1, -0.05) is 12.7 Å². The number of amides is 2. The van der Waals surface area contributed by atoms with Crippen molar-refractivity contribution in [3.63, 3.8) is 0 Å². The van der Waals surface area contributed by atoms with E-state index in [1.54, 1.807) is 62.0 Å². The van der Waals surface area contributed by atoms with Crippen LogP contribution in [0.3, 0.4) is 0 Å². The summed E-state index contributed by atoms with van der Waals surface area (Å²) < 4.78 is 36.6. The number of hydrogen-bond acceptors (Lipinski definition) is 6. The summed E-state index contributed by atoms with van der Waals surface area (Å²) in [7, 11) is 0. The maximum absolute atomic E-state index is 14.9. The maximum atomic E-state index is 14.9. The number of alkyl halides is 2. The van der Waals surface area contributed by atoms with Crippen LogP contribution in [0.15, 0.2) is 37.2 Å². The van der Waals surface area contributed by atoms with Gasteiger partial charge in [0.1, 0.15) is 11.6 Å². The Kier molecular flexibility index (Phi) is 6.63. The number of carbonyl (C=O) groups excluding carboxylic acids is 2. The summed E-state index contributed by atoms with van der Waals surface area (Å²) in [6.07, 6.45) is 4.18. The fraction of sp³-hybridized carbons (Fsp3) is 0.417. The lowest BCUT2D eigenvalue weighted by molar-refractivity contribution is -0.0723. The van der Waals surface area contributed by atoms with Crippen molar-refractivity contribution in [2.75, 3.05) is 0 Å². The average Bonchev–Trinajstić information content (AvgIpc) is 3.38. The maximum Gasteiger partial charge on any atom is 0.407 e. The third-order valence-electron chi connectivity index (χ3n) is 5.60. The summed E-state index contributed by atoms with van der Waals surface area (Å²) in [6.45, 7) is 8.87. The standard InChI is InChI=1S/C24H27F2N5O3S/c1-5-17-14(16-13-27-19-9-7-11-28-31(16)19)12-18(35-17)21(32)30-20-15(8-6-10-24(20,25)26)29-22(33)34-23(2,3)4/h5,7,9,11-13,15,20H,1,6,8,10H2,2-4H3,(H,29,33)(H,30,32). The van der Waals surface area contributed by atoms with Crippen LogP contribution >= 0.6 is 11.3 Å². The van der Waals surface area contributed by atoms with Gasteiger partial charge in [0.2, 0.25) is 0 Å². The van der Waals surface area contributed by atoms with Crippen molar-refractivity contribution in [3.05, 3.63) is 46.9 Å². The molecule has 11 heteroatoms. The first kappa shape index (κ1) is 24.8. The number of rotatable bonds is 5. The minimum Gasteiger partial charge on any atom is -0.444 e. The topological polar surface area (TPSA) is 97.6 Å². The zero-order valence-corrected chi connectivity index (χ0v) is 20.5. The molecule has 2 unspecified atom stereocenters. The van der Waals surface area contributed by atoms with E-state index >= 15 is 0 Å². The number of ether oxygens (including phenoxy) is 1. The zero-order chi connectivity index (χ0) is 25.4. The van der Waals surface area contributed by atoms with Crippen molar-refractivity contribution < 1.29 is 23.1 Å². The highest BCUT2D eigenvalue weighted by Crippen LogP contribution is 2.36. The normalized spacial score (nSPS) is 19.8. The largest absolute Gasteiger partial charge is 0.444 e. The monoisotopic (exact) mass is 503 g/mol. The number of halogens is 2. The summed E-state index contributed by atoms with van der Waals surface area (Å²) in [4.78, 5) is 30.6. The Morgan fingerprint density at radius 1 is 1.34 bits per heavy atom. The highest BCUT2D eigenvalue weighted by atomic mass is 32.1. The Morgan fingerprint density at radius 2 is 2.11 bits per heavy atom. The lowest BCUT2D eigenvalue weighted by atomic mass is 9.86. The average molecular weight is 504 g/mol. The second kappa shape index (κ2) is 9.37. The SMILES string of the molecule is C=Cc1sc(C(=O)NC2C(NC(=O)OC(C)(C)C)CCCC2(F)F)cc1-c1cnc2cccnn12. The highest BCUT2D eigenvalue weighted by molar-refractivity contribution is 7.15. The number of imidazole rings is 1. The van der Waals surface area contributed by atoms with Gasteiger partial charge in [0.25, 0.3) is 11.8 Å². The molecule has 3 aromatic rings. The van der Waals surface area contributed by atoms with Gasteiger partial charge in [-0.05, 0) is 51.8 Å². The van der Waals surface area contributed by atoms with E-state index in [0.717, 1.165) is 11.3 Å². The van der Waals surface area contributed by atoms with Crippen molar-refractivity contribution >= 4 is 35.1 Å². The van der Waals surface area contributed by atoms with Crippen molar-refractivity contribution in [1.82, 2.24) is 25.2 Å². The molecule has 0 bridgehead atoms. The third kappa shape index (κ3) is 5.34. The number of thiophene rings is 1. The van der Waals surface area contributed by atoms with E-state index in [4.69, 9.17) is 4.74 Å². The van der Waals surface area contributed by atoms with E-state index in [-0.39, 0.29) is 17.7 Å². The molecule has 1 saturated carbocycles. The number of aromatic nitrogens is 3. The Balaban J connectivity index is 1.58. The molecule has 8 nitrogen and oxygen atoms in total. The fourth-order valence-corrected chi connectivity index (χ4v) is 5.01. The second-order valence-corrected chi connectivity index (χ2v) is 10.5. The number of nitrogens with zero attached hydrogens (tertiary/aromatic N) is 3. The van der Waals surface area contributed by atoms with Crippen LogP contribution in [0.5, 0.6) is 0 Å². The van der Waals surface area contributed by atoms with Crippen molar-refractivity contribution in [3.8, 4) is 11.3 Å². The Hall–Kier alpha value is -3.34. The first-order valence-electron chi connectivity index (χ1n) is 11.2. The van der Waals surface area contributed by atoms with Crippen LogP contribution in [0, 0.1) is 0 Å². The van der Waals surface area contributed by atoms with Gasteiger partial charge in [-0.3, -0.25) is 4.79 Å². The van der Waals surface area contributed by atoms with Gasteiger partial charge >= 0.3 is 6.09 Å². The van der Waals surface area contributed by atoms with E-state index in [1.165, 1.54) is 0 Å². The van der Waals surface area contributed by atoms with Gasteiger partial charge in [-0.15, -0.1) is 11.3 Å². The summed E-state index contributed by atoms with van der Waals surface area (Å²) in [6, 6.07) is 2.63. The number of nitrogens with one attached hydrogen (secondary N) is 2. The highest BCUT2D eigenvalue weighted by Gasteiger charge is 2.48. The van der Waals surface area contributed by atoms with Gasteiger partial charge in [-0.2, -0.15) is 5.10 Å². The fourth-order valence-electron chi connectivity index (χ4n) is 4.09. The molecule has 1 aliphatic rings. The van der Waals surface area contributed by atoms with Gasteiger partial charge in [0, 0.05) is 23.1 Å². The molecule has 0 spiro atoms. The molecule has 0 aromatic carbocycles. The quantitative estimate of drug-likeness (QED) is 0.516. The molecule has 1 aliphatic carbocycles. The molecule has 2 amide bonds. The summed E-state index contributed by atoms with van der Waals surface area (Å²) >= 11 is 1.13. The predicted octanol–water partition coefficient (Wildman–Crippen LogP) is 4.91. The molecule has 4 rings (SSSR count). The van der Waals surface area contributed by atoms with E-state index < -0.39 is 35.6 Å². The number of fused-ring (bicyclic) bond motifs is 1. The van der Waals surface area contributed by atoms with Crippen LogP contribution < -0.4 is 10.6 Å². The van der Waals surface area contributed by atoms with E-state index in [9.17, 15) is 18.4 Å². The molecule has 186 valence electrons. The number of carbonyl (C=O) groups is 2. The van der Waals surface area contributed by atoms with Crippen LogP contribution in [0.4, 0.5) is 13.6 Å². The molecule has 3 heterocycles. The van der Waals surface area contributed by atoms with Crippen LogP contribution in [-0.2, 0) is 4.74 Å². The number of alkyl carbamates (subject to hydrolysis) is 1. The second-order valence-electron chi connectivity index (χ2n) is 9.39.